The molecule has 0 saturated heterocycles. The zero-order valence-electron chi connectivity index (χ0n) is 18.9. The van der Waals surface area contributed by atoms with E-state index in [4.69, 9.17) is 20.8 Å². The first kappa shape index (κ1) is 22.6. The van der Waals surface area contributed by atoms with E-state index in [1.807, 2.05) is 26.0 Å². The molecule has 0 aliphatic carbocycles. The van der Waals surface area contributed by atoms with Crippen molar-refractivity contribution in [2.45, 2.75) is 52.2 Å². The SMILES string of the molecule is CC(C)OCCCN1C(=O)c2oc3ccc(Cl)cc3c(=O)c2C1c1ccc(C(C)C)cc1. The van der Waals surface area contributed by atoms with Crippen molar-refractivity contribution < 1.29 is 13.9 Å². The van der Waals surface area contributed by atoms with E-state index in [0.717, 1.165) is 5.56 Å². The number of benzene rings is 2. The number of hydrogen-bond donors (Lipinski definition) is 0. The van der Waals surface area contributed by atoms with Gasteiger partial charge in [0.1, 0.15) is 5.58 Å². The van der Waals surface area contributed by atoms with E-state index in [9.17, 15) is 9.59 Å². The first-order valence-electron chi connectivity index (χ1n) is 11.1. The number of carbonyl (C=O) groups is 1. The van der Waals surface area contributed by atoms with E-state index in [1.54, 1.807) is 23.1 Å². The van der Waals surface area contributed by atoms with Gasteiger partial charge in [-0.2, -0.15) is 0 Å². The molecule has 2 aromatic carbocycles. The Kier molecular flexibility index (Phi) is 6.40. The number of rotatable bonds is 7. The largest absolute Gasteiger partial charge is 0.450 e. The number of nitrogens with zero attached hydrogens (tertiary/aromatic N) is 1. The molecule has 0 radical (unpaired) electrons. The van der Waals surface area contributed by atoms with Crippen LogP contribution in [0.1, 0.15) is 73.3 Å². The summed E-state index contributed by atoms with van der Waals surface area (Å²) in [4.78, 5) is 28.6. The lowest BCUT2D eigenvalue weighted by Gasteiger charge is -2.25. The summed E-state index contributed by atoms with van der Waals surface area (Å²) in [7, 11) is 0. The minimum Gasteiger partial charge on any atom is -0.450 e. The Labute approximate surface area is 192 Å². The monoisotopic (exact) mass is 453 g/mol. The van der Waals surface area contributed by atoms with Gasteiger partial charge in [-0.3, -0.25) is 9.59 Å². The topological polar surface area (TPSA) is 59.8 Å². The van der Waals surface area contributed by atoms with Gasteiger partial charge in [-0.15, -0.1) is 0 Å². The number of halogens is 1. The van der Waals surface area contributed by atoms with Gasteiger partial charge >= 0.3 is 0 Å². The van der Waals surface area contributed by atoms with Crippen LogP contribution >= 0.6 is 11.6 Å². The molecule has 1 aliphatic heterocycles. The molecule has 0 bridgehead atoms. The van der Waals surface area contributed by atoms with Crippen LogP contribution in [-0.4, -0.2) is 30.1 Å². The Morgan fingerprint density at radius 3 is 2.44 bits per heavy atom. The molecular weight excluding hydrogens is 426 g/mol. The molecule has 1 aromatic heterocycles. The number of carbonyl (C=O) groups excluding carboxylic acids is 1. The van der Waals surface area contributed by atoms with Crippen LogP contribution in [0.5, 0.6) is 0 Å². The van der Waals surface area contributed by atoms with Crippen molar-refractivity contribution in [2.24, 2.45) is 0 Å². The first-order chi connectivity index (χ1) is 15.3. The maximum Gasteiger partial charge on any atom is 0.290 e. The van der Waals surface area contributed by atoms with Crippen LogP contribution in [-0.2, 0) is 4.74 Å². The molecule has 32 heavy (non-hydrogen) atoms. The van der Waals surface area contributed by atoms with E-state index >= 15 is 0 Å². The molecule has 1 atom stereocenters. The van der Waals surface area contributed by atoms with Crippen molar-refractivity contribution in [3.8, 4) is 0 Å². The van der Waals surface area contributed by atoms with Gasteiger partial charge in [-0.05, 0) is 55.5 Å². The summed E-state index contributed by atoms with van der Waals surface area (Å²) in [6, 6.07) is 12.5. The highest BCUT2D eigenvalue weighted by atomic mass is 35.5. The number of fused-ring (bicyclic) bond motifs is 2. The molecule has 3 aromatic rings. The highest BCUT2D eigenvalue weighted by Gasteiger charge is 2.42. The van der Waals surface area contributed by atoms with E-state index < -0.39 is 6.04 Å². The molecule has 4 rings (SSSR count). The summed E-state index contributed by atoms with van der Waals surface area (Å²) >= 11 is 6.14. The lowest BCUT2D eigenvalue weighted by atomic mass is 9.95. The highest BCUT2D eigenvalue weighted by molar-refractivity contribution is 6.31. The van der Waals surface area contributed by atoms with E-state index in [1.165, 1.54) is 5.56 Å². The first-order valence-corrected chi connectivity index (χ1v) is 11.4. The average Bonchev–Trinajstić information content (AvgIpc) is 3.04. The predicted octanol–water partition coefficient (Wildman–Crippen LogP) is 5.93. The van der Waals surface area contributed by atoms with Gasteiger partial charge < -0.3 is 14.1 Å². The molecule has 1 amide bonds. The molecule has 5 nitrogen and oxygen atoms in total. The fourth-order valence-corrected chi connectivity index (χ4v) is 4.36. The van der Waals surface area contributed by atoms with E-state index in [-0.39, 0.29) is 23.2 Å². The maximum absolute atomic E-state index is 13.5. The van der Waals surface area contributed by atoms with Crippen LogP contribution in [0.4, 0.5) is 0 Å². The Morgan fingerprint density at radius 1 is 1.06 bits per heavy atom. The van der Waals surface area contributed by atoms with Crippen LogP contribution in [0.15, 0.2) is 51.7 Å². The van der Waals surface area contributed by atoms with Gasteiger partial charge in [-0.25, -0.2) is 0 Å². The second-order valence-electron chi connectivity index (χ2n) is 8.81. The Hall–Kier alpha value is -2.63. The third-order valence-corrected chi connectivity index (χ3v) is 6.08. The summed E-state index contributed by atoms with van der Waals surface area (Å²) in [5.74, 6) is 0.242. The minimum absolute atomic E-state index is 0.118. The van der Waals surface area contributed by atoms with Gasteiger partial charge in [0.15, 0.2) is 5.43 Å². The van der Waals surface area contributed by atoms with Crippen molar-refractivity contribution in [1.82, 2.24) is 4.90 Å². The molecule has 0 saturated carbocycles. The van der Waals surface area contributed by atoms with Gasteiger partial charge in [0.05, 0.1) is 23.1 Å². The highest BCUT2D eigenvalue weighted by Crippen LogP contribution is 2.38. The van der Waals surface area contributed by atoms with Crippen molar-refractivity contribution >= 4 is 28.5 Å². The second-order valence-corrected chi connectivity index (χ2v) is 9.25. The van der Waals surface area contributed by atoms with Crippen LogP contribution < -0.4 is 5.43 Å². The van der Waals surface area contributed by atoms with Gasteiger partial charge in [0, 0.05) is 18.2 Å². The standard InChI is InChI=1S/C26H28ClNO4/c1-15(2)17-6-8-18(9-7-17)23-22-24(29)20-14-19(27)10-11-21(20)32-25(22)26(30)28(23)12-5-13-31-16(3)4/h6-11,14-16,23H,5,12-13H2,1-4H3. The molecule has 0 fully saturated rings. The molecule has 2 heterocycles. The van der Waals surface area contributed by atoms with E-state index in [2.05, 4.69) is 26.0 Å². The van der Waals surface area contributed by atoms with Gasteiger partial charge in [0.2, 0.25) is 5.76 Å². The van der Waals surface area contributed by atoms with Crippen LogP contribution in [0, 0.1) is 0 Å². The molecular formula is C26H28ClNO4. The van der Waals surface area contributed by atoms with Crippen molar-refractivity contribution in [2.75, 3.05) is 13.2 Å². The lowest BCUT2D eigenvalue weighted by molar-refractivity contribution is 0.0593. The molecule has 6 heteroatoms. The Morgan fingerprint density at radius 2 is 1.78 bits per heavy atom. The molecule has 168 valence electrons. The average molecular weight is 454 g/mol. The van der Waals surface area contributed by atoms with Gasteiger partial charge in [0.25, 0.3) is 5.91 Å². The van der Waals surface area contributed by atoms with Crippen molar-refractivity contribution in [3.05, 3.63) is 80.2 Å². The Bertz CT molecular complexity index is 1200. The summed E-state index contributed by atoms with van der Waals surface area (Å²) in [5.41, 5.74) is 2.63. The zero-order valence-corrected chi connectivity index (χ0v) is 19.6. The summed E-state index contributed by atoms with van der Waals surface area (Å²) in [6.45, 7) is 9.23. The number of hydrogen-bond acceptors (Lipinski definition) is 4. The maximum atomic E-state index is 13.5. The fraction of sp³-hybridized carbons (Fsp3) is 0.385. The third-order valence-electron chi connectivity index (χ3n) is 5.84. The molecule has 1 aliphatic rings. The zero-order chi connectivity index (χ0) is 23.0. The number of ether oxygens (including phenoxy) is 1. The number of amides is 1. The van der Waals surface area contributed by atoms with Crippen LogP contribution in [0.2, 0.25) is 5.02 Å². The second kappa shape index (κ2) is 9.08. The van der Waals surface area contributed by atoms with Crippen LogP contribution in [0.25, 0.3) is 11.0 Å². The molecule has 0 N–H and O–H groups in total. The third kappa shape index (κ3) is 4.19. The van der Waals surface area contributed by atoms with Crippen molar-refractivity contribution in [1.29, 1.82) is 0 Å². The summed E-state index contributed by atoms with van der Waals surface area (Å²) in [6.07, 6.45) is 0.789. The van der Waals surface area contributed by atoms with Crippen LogP contribution in [0.3, 0.4) is 0 Å². The molecule has 0 spiro atoms. The fourth-order valence-electron chi connectivity index (χ4n) is 4.19. The van der Waals surface area contributed by atoms with Crippen molar-refractivity contribution in [3.63, 3.8) is 0 Å². The summed E-state index contributed by atoms with van der Waals surface area (Å²) in [5, 5.41) is 0.840. The van der Waals surface area contributed by atoms with E-state index in [0.29, 0.717) is 47.0 Å². The van der Waals surface area contributed by atoms with Gasteiger partial charge in [-0.1, -0.05) is 49.7 Å². The summed E-state index contributed by atoms with van der Waals surface area (Å²) < 4.78 is 11.6. The smallest absolute Gasteiger partial charge is 0.290 e. The predicted molar refractivity (Wildman–Crippen MR) is 127 cm³/mol. The quantitative estimate of drug-likeness (QED) is 0.416. The Balaban J connectivity index is 1.80. The molecule has 1 unspecified atom stereocenters. The minimum atomic E-state index is -0.502. The lowest BCUT2D eigenvalue weighted by Crippen LogP contribution is -2.31. The normalized spacial score (nSPS) is 15.9.